The fourth-order valence-electron chi connectivity index (χ4n) is 2.07. The van der Waals surface area contributed by atoms with Crippen LogP contribution < -0.4 is 5.32 Å². The molecule has 0 aliphatic carbocycles. The molecule has 1 unspecified atom stereocenters. The van der Waals surface area contributed by atoms with E-state index < -0.39 is 0 Å². The predicted molar refractivity (Wildman–Crippen MR) is 71.0 cm³/mol. The number of carbonyl (C=O) groups excluding carboxylic acids is 1. The van der Waals surface area contributed by atoms with E-state index in [9.17, 15) is 4.79 Å². The molecule has 1 N–H and O–H groups in total. The third kappa shape index (κ3) is 5.48. The zero-order valence-electron chi connectivity index (χ0n) is 11.5. The second-order valence-electron chi connectivity index (χ2n) is 5.08. The summed E-state index contributed by atoms with van der Waals surface area (Å²) < 4.78 is 0. The summed E-state index contributed by atoms with van der Waals surface area (Å²) in [6.45, 7) is 3.32. The van der Waals surface area contributed by atoms with Gasteiger partial charge in [0.25, 0.3) is 0 Å². The SMILES string of the molecule is CN(C)CCNC(C#N)CC(=O)N1CCCCC1. The molecular weight excluding hydrogens is 228 g/mol. The summed E-state index contributed by atoms with van der Waals surface area (Å²) in [4.78, 5) is 15.9. The van der Waals surface area contributed by atoms with E-state index in [-0.39, 0.29) is 11.9 Å². The van der Waals surface area contributed by atoms with Crippen LogP contribution in [0.25, 0.3) is 0 Å². The van der Waals surface area contributed by atoms with Gasteiger partial charge in [0.05, 0.1) is 12.5 Å². The van der Waals surface area contributed by atoms with Crippen molar-refractivity contribution in [3.8, 4) is 6.07 Å². The zero-order valence-corrected chi connectivity index (χ0v) is 11.5. The molecule has 0 saturated carbocycles. The molecule has 1 amide bonds. The maximum Gasteiger partial charge on any atom is 0.225 e. The van der Waals surface area contributed by atoms with Gasteiger partial charge in [-0.15, -0.1) is 0 Å². The van der Waals surface area contributed by atoms with Gasteiger partial charge in [-0.1, -0.05) is 0 Å². The Morgan fingerprint density at radius 2 is 2.06 bits per heavy atom. The number of hydrogen-bond donors (Lipinski definition) is 1. The summed E-state index contributed by atoms with van der Waals surface area (Å²) in [5, 5.41) is 12.2. The summed E-state index contributed by atoms with van der Waals surface area (Å²) in [5.41, 5.74) is 0. The first-order chi connectivity index (χ1) is 8.63. The van der Waals surface area contributed by atoms with E-state index in [1.165, 1.54) is 6.42 Å². The van der Waals surface area contributed by atoms with Crippen LogP contribution in [0.4, 0.5) is 0 Å². The molecule has 0 aromatic carbocycles. The third-order valence-electron chi connectivity index (χ3n) is 3.19. The second-order valence-corrected chi connectivity index (χ2v) is 5.08. The summed E-state index contributed by atoms with van der Waals surface area (Å²) in [6.07, 6.45) is 3.70. The monoisotopic (exact) mass is 252 g/mol. The van der Waals surface area contributed by atoms with E-state index in [0.29, 0.717) is 6.42 Å². The number of amides is 1. The van der Waals surface area contributed by atoms with Crippen molar-refractivity contribution in [2.24, 2.45) is 0 Å². The van der Waals surface area contributed by atoms with E-state index in [1.54, 1.807) is 0 Å². The molecule has 0 aromatic heterocycles. The molecule has 5 nitrogen and oxygen atoms in total. The molecule has 1 fully saturated rings. The number of carbonyl (C=O) groups is 1. The summed E-state index contributed by atoms with van der Waals surface area (Å²) in [6, 6.07) is 1.81. The average Bonchev–Trinajstić information content (AvgIpc) is 2.38. The summed E-state index contributed by atoms with van der Waals surface area (Å²) >= 11 is 0. The van der Waals surface area contributed by atoms with Crippen molar-refractivity contribution in [3.63, 3.8) is 0 Å². The van der Waals surface area contributed by atoms with E-state index in [0.717, 1.165) is 39.0 Å². The van der Waals surface area contributed by atoms with Crippen molar-refractivity contribution in [3.05, 3.63) is 0 Å². The molecule has 1 atom stereocenters. The molecule has 0 radical (unpaired) electrons. The molecule has 1 rings (SSSR count). The lowest BCUT2D eigenvalue weighted by atomic mass is 10.1. The number of hydrogen-bond acceptors (Lipinski definition) is 4. The maximum atomic E-state index is 12.0. The van der Waals surface area contributed by atoms with E-state index in [4.69, 9.17) is 5.26 Å². The van der Waals surface area contributed by atoms with Crippen LogP contribution in [0.5, 0.6) is 0 Å². The van der Waals surface area contributed by atoms with Gasteiger partial charge in [-0.3, -0.25) is 4.79 Å². The molecule has 1 heterocycles. The van der Waals surface area contributed by atoms with Gasteiger partial charge in [-0.25, -0.2) is 0 Å². The van der Waals surface area contributed by atoms with Crippen LogP contribution in [-0.4, -0.2) is 62.0 Å². The highest BCUT2D eigenvalue weighted by atomic mass is 16.2. The first-order valence-corrected chi connectivity index (χ1v) is 6.69. The van der Waals surface area contributed by atoms with Gasteiger partial charge in [0.15, 0.2) is 0 Å². The molecule has 0 aromatic rings. The van der Waals surface area contributed by atoms with Crippen molar-refractivity contribution in [2.75, 3.05) is 40.3 Å². The Balaban J connectivity index is 2.28. The zero-order chi connectivity index (χ0) is 13.4. The first kappa shape index (κ1) is 14.9. The number of nitrogens with one attached hydrogen (secondary N) is 1. The summed E-state index contributed by atoms with van der Waals surface area (Å²) in [7, 11) is 3.98. The van der Waals surface area contributed by atoms with Crippen LogP contribution in [0.1, 0.15) is 25.7 Å². The third-order valence-corrected chi connectivity index (χ3v) is 3.19. The molecule has 18 heavy (non-hydrogen) atoms. The molecule has 5 heteroatoms. The van der Waals surface area contributed by atoms with Crippen molar-refractivity contribution in [2.45, 2.75) is 31.7 Å². The second kappa shape index (κ2) is 8.06. The highest BCUT2D eigenvalue weighted by molar-refractivity contribution is 5.77. The molecule has 102 valence electrons. The van der Waals surface area contributed by atoms with E-state index in [1.807, 2.05) is 23.9 Å². The lowest BCUT2D eigenvalue weighted by Crippen LogP contribution is -2.41. The van der Waals surface area contributed by atoms with Gasteiger partial charge in [-0.2, -0.15) is 5.26 Å². The van der Waals surface area contributed by atoms with Gasteiger partial charge in [-0.05, 0) is 33.4 Å². The van der Waals surface area contributed by atoms with Crippen LogP contribution >= 0.6 is 0 Å². The predicted octanol–water partition coefficient (Wildman–Crippen LogP) is 0.432. The smallest absolute Gasteiger partial charge is 0.225 e. The number of nitrogens with zero attached hydrogens (tertiary/aromatic N) is 3. The minimum Gasteiger partial charge on any atom is -0.343 e. The quantitative estimate of drug-likeness (QED) is 0.745. The van der Waals surface area contributed by atoms with Crippen LogP contribution in [0.3, 0.4) is 0 Å². The van der Waals surface area contributed by atoms with Crippen molar-refractivity contribution in [1.29, 1.82) is 5.26 Å². The Hall–Kier alpha value is -1.12. The number of likely N-dealkylation sites (N-methyl/N-ethyl adjacent to an activating group) is 1. The summed E-state index contributed by atoms with van der Waals surface area (Å²) in [5.74, 6) is 0.110. The minimum absolute atomic E-state index is 0.110. The number of nitriles is 1. The lowest BCUT2D eigenvalue weighted by molar-refractivity contribution is -0.132. The Bertz CT molecular complexity index is 292. The van der Waals surface area contributed by atoms with Crippen LogP contribution in [0.2, 0.25) is 0 Å². The van der Waals surface area contributed by atoms with Crippen molar-refractivity contribution < 1.29 is 4.79 Å². The Morgan fingerprint density at radius 3 is 2.61 bits per heavy atom. The Morgan fingerprint density at radius 1 is 1.39 bits per heavy atom. The van der Waals surface area contributed by atoms with Gasteiger partial charge in [0.2, 0.25) is 5.91 Å². The normalized spacial score (nSPS) is 17.6. The van der Waals surface area contributed by atoms with Crippen molar-refractivity contribution >= 4 is 5.91 Å². The fraction of sp³-hybridized carbons (Fsp3) is 0.846. The standard InChI is InChI=1S/C13H24N4O/c1-16(2)9-6-15-12(11-14)10-13(18)17-7-4-3-5-8-17/h12,15H,3-10H2,1-2H3. The Kier molecular flexibility index (Phi) is 6.69. The largest absolute Gasteiger partial charge is 0.343 e. The van der Waals surface area contributed by atoms with Gasteiger partial charge in [0, 0.05) is 26.2 Å². The van der Waals surface area contributed by atoms with Crippen molar-refractivity contribution in [1.82, 2.24) is 15.1 Å². The molecule has 0 bridgehead atoms. The molecule has 1 saturated heterocycles. The van der Waals surface area contributed by atoms with Crippen LogP contribution in [0.15, 0.2) is 0 Å². The first-order valence-electron chi connectivity index (χ1n) is 6.69. The average molecular weight is 252 g/mol. The highest BCUT2D eigenvalue weighted by Crippen LogP contribution is 2.10. The molecule has 1 aliphatic heterocycles. The Labute approximate surface area is 110 Å². The topological polar surface area (TPSA) is 59.4 Å². The van der Waals surface area contributed by atoms with Crippen LogP contribution in [0, 0.1) is 11.3 Å². The van der Waals surface area contributed by atoms with Gasteiger partial charge in [0.1, 0.15) is 6.04 Å². The minimum atomic E-state index is -0.362. The van der Waals surface area contributed by atoms with Gasteiger partial charge < -0.3 is 15.1 Å². The number of likely N-dealkylation sites (tertiary alicyclic amines) is 1. The highest BCUT2D eigenvalue weighted by Gasteiger charge is 2.20. The number of piperidine rings is 1. The molecular formula is C13H24N4O. The van der Waals surface area contributed by atoms with E-state index >= 15 is 0 Å². The van der Waals surface area contributed by atoms with Gasteiger partial charge >= 0.3 is 0 Å². The molecule has 1 aliphatic rings. The van der Waals surface area contributed by atoms with E-state index in [2.05, 4.69) is 11.4 Å². The number of rotatable bonds is 6. The maximum absolute atomic E-state index is 12.0. The fourth-order valence-corrected chi connectivity index (χ4v) is 2.07. The van der Waals surface area contributed by atoms with Crippen LogP contribution in [-0.2, 0) is 4.79 Å². The molecule has 0 spiro atoms. The lowest BCUT2D eigenvalue weighted by Gasteiger charge is -2.27.